The fourth-order valence-corrected chi connectivity index (χ4v) is 5.07. The van der Waals surface area contributed by atoms with E-state index in [0.717, 1.165) is 5.56 Å². The molecule has 0 amide bonds. The molecule has 1 aromatic rings. The lowest BCUT2D eigenvalue weighted by Gasteiger charge is -2.30. The number of hydrogen-bond acceptors (Lipinski definition) is 12. The summed E-state index contributed by atoms with van der Waals surface area (Å²) in [7, 11) is -4.20. The topological polar surface area (TPSA) is 254 Å². The van der Waals surface area contributed by atoms with Gasteiger partial charge >= 0.3 is 11.9 Å². The Morgan fingerprint density at radius 3 is 1.83 bits per heavy atom. The highest BCUT2D eigenvalue weighted by atomic mass is 32.2. The predicted molar refractivity (Wildman–Crippen MR) is 146 cm³/mol. The highest BCUT2D eigenvalue weighted by molar-refractivity contribution is 7.86. The molecule has 0 spiro atoms. The average molecular weight is 609 g/mol. The van der Waals surface area contributed by atoms with E-state index in [1.54, 1.807) is 32.9 Å². The Hall–Kier alpha value is -3.95. The molecule has 3 rings (SSSR count). The van der Waals surface area contributed by atoms with Gasteiger partial charge in [-0.1, -0.05) is 27.9 Å². The number of carbonyl (C=O) groups excluding carboxylic acids is 2. The third kappa shape index (κ3) is 9.29. The molecule has 16 nitrogen and oxygen atoms in total. The number of azide groups is 2. The molecular weight excluding hydrogens is 576 g/mol. The first-order chi connectivity index (χ1) is 19.9. The number of aliphatic hydroxyl groups excluding tert-OH is 3. The highest BCUT2D eigenvalue weighted by Gasteiger charge is 2.38. The number of aryl methyl sites for hydroxylation is 1. The molecule has 2 aliphatic carbocycles. The SMILES string of the molecule is CCOC(=O)C1=C[C@H](O)[C@H](N=[N+]=[N-])[C@H](O)C1.CCOC(=O)C1=C[C@H](OS(=O)(=O)c2ccc(C)cc2)[C@H](N=[N+]=[N-])[C@H](O)C1. The van der Waals surface area contributed by atoms with Gasteiger partial charge in [0.1, 0.15) is 6.10 Å². The number of hydrogen-bond donors (Lipinski definition) is 3. The molecule has 228 valence electrons. The van der Waals surface area contributed by atoms with Gasteiger partial charge in [-0.15, -0.1) is 0 Å². The van der Waals surface area contributed by atoms with Crippen molar-refractivity contribution >= 4 is 22.1 Å². The average Bonchev–Trinajstić information content (AvgIpc) is 2.93. The number of nitrogens with zero attached hydrogens (tertiary/aromatic N) is 6. The predicted octanol–water partition coefficient (Wildman–Crippen LogP) is 2.28. The number of esters is 2. The summed E-state index contributed by atoms with van der Waals surface area (Å²) < 4.78 is 39.7. The second-order valence-electron chi connectivity index (χ2n) is 9.08. The van der Waals surface area contributed by atoms with Gasteiger partial charge in [-0.25, -0.2) is 9.59 Å². The minimum Gasteiger partial charge on any atom is -0.463 e. The molecular formula is C25H32N6O10S. The van der Waals surface area contributed by atoms with Gasteiger partial charge in [-0.3, -0.25) is 4.18 Å². The van der Waals surface area contributed by atoms with E-state index in [0.29, 0.717) is 0 Å². The van der Waals surface area contributed by atoms with Crippen LogP contribution in [0.2, 0.25) is 0 Å². The van der Waals surface area contributed by atoms with E-state index in [4.69, 9.17) is 24.7 Å². The molecule has 3 N–H and O–H groups in total. The summed E-state index contributed by atoms with van der Waals surface area (Å²) in [5.74, 6) is -1.26. The van der Waals surface area contributed by atoms with Gasteiger partial charge in [0.15, 0.2) is 0 Å². The fraction of sp³-hybridized carbons (Fsp3) is 0.520. The Morgan fingerprint density at radius 2 is 1.36 bits per heavy atom. The van der Waals surface area contributed by atoms with Crippen molar-refractivity contribution in [1.82, 2.24) is 0 Å². The molecule has 0 fully saturated rings. The van der Waals surface area contributed by atoms with E-state index < -0.39 is 58.6 Å². The van der Waals surface area contributed by atoms with Crippen molar-refractivity contribution in [3.05, 3.63) is 74.0 Å². The number of ether oxygens (including phenoxy) is 2. The van der Waals surface area contributed by atoms with Crippen LogP contribution in [0.15, 0.2) is 62.7 Å². The molecule has 0 heterocycles. The Morgan fingerprint density at radius 1 is 0.881 bits per heavy atom. The second kappa shape index (κ2) is 15.9. The van der Waals surface area contributed by atoms with Crippen LogP contribution < -0.4 is 0 Å². The number of rotatable bonds is 9. The van der Waals surface area contributed by atoms with E-state index in [-0.39, 0.29) is 42.1 Å². The molecule has 42 heavy (non-hydrogen) atoms. The van der Waals surface area contributed by atoms with E-state index in [1.165, 1.54) is 24.3 Å². The molecule has 0 aliphatic heterocycles. The number of aliphatic hydroxyl groups is 3. The van der Waals surface area contributed by atoms with Crippen molar-refractivity contribution in [1.29, 1.82) is 0 Å². The number of carbonyl (C=O) groups is 2. The summed E-state index contributed by atoms with van der Waals surface area (Å²) in [5, 5.41) is 36.0. The van der Waals surface area contributed by atoms with E-state index in [2.05, 4.69) is 20.1 Å². The molecule has 0 bridgehead atoms. The maximum absolute atomic E-state index is 12.5. The van der Waals surface area contributed by atoms with E-state index in [9.17, 15) is 33.3 Å². The van der Waals surface area contributed by atoms with Crippen LogP contribution in [0.3, 0.4) is 0 Å². The maximum Gasteiger partial charge on any atom is 0.333 e. The molecule has 17 heteroatoms. The minimum absolute atomic E-state index is 0.0135. The summed E-state index contributed by atoms with van der Waals surface area (Å²) in [5.41, 5.74) is 18.1. The normalized spacial score (nSPS) is 25.2. The Bertz CT molecular complexity index is 1380. The lowest BCUT2D eigenvalue weighted by Crippen LogP contribution is -2.42. The standard InChI is InChI=1S/C16H19N3O6S.C9H13N3O4/c1-3-24-16(21)11-8-13(20)15(18-19-17)14(9-11)25-26(22,23)12-6-4-10(2)5-7-12;1-2-16-9(15)5-3-6(13)8(11-12-10)7(14)4-5/h4-7,9,13-15,20H,3,8H2,1-2H3;3,6-8,13-14H,2,4H2,1H3/t13-,14+,15-;6-,7+,8-/m10/s1. The third-order valence-electron chi connectivity index (χ3n) is 6.06. The summed E-state index contributed by atoms with van der Waals surface area (Å²) in [6.45, 7) is 5.44. The fourth-order valence-electron chi connectivity index (χ4n) is 4.03. The zero-order chi connectivity index (χ0) is 31.4. The molecule has 0 saturated heterocycles. The van der Waals surface area contributed by atoms with Gasteiger partial charge in [0.25, 0.3) is 10.1 Å². The molecule has 1 aromatic carbocycles. The molecule has 0 aromatic heterocycles. The van der Waals surface area contributed by atoms with Crippen LogP contribution in [0.25, 0.3) is 20.9 Å². The maximum atomic E-state index is 12.5. The zero-order valence-electron chi connectivity index (χ0n) is 23.0. The first kappa shape index (κ1) is 34.3. The monoisotopic (exact) mass is 608 g/mol. The molecule has 2 aliphatic rings. The smallest absolute Gasteiger partial charge is 0.333 e. The van der Waals surface area contributed by atoms with Crippen molar-refractivity contribution in [2.75, 3.05) is 13.2 Å². The van der Waals surface area contributed by atoms with Crippen LogP contribution >= 0.6 is 0 Å². The van der Waals surface area contributed by atoms with Crippen molar-refractivity contribution < 1.29 is 47.0 Å². The van der Waals surface area contributed by atoms with Gasteiger partial charge in [0.05, 0.1) is 48.5 Å². The van der Waals surface area contributed by atoms with Crippen molar-refractivity contribution in [3.63, 3.8) is 0 Å². The first-order valence-corrected chi connectivity index (χ1v) is 14.2. The largest absolute Gasteiger partial charge is 0.463 e. The van der Waals surface area contributed by atoms with Crippen molar-refractivity contribution in [2.24, 2.45) is 10.2 Å². The molecule has 0 saturated carbocycles. The quantitative estimate of drug-likeness (QED) is 0.121. The van der Waals surface area contributed by atoms with Crippen LogP contribution in [-0.2, 0) is 33.4 Å². The van der Waals surface area contributed by atoms with Crippen LogP contribution in [0, 0.1) is 6.92 Å². The van der Waals surface area contributed by atoms with E-state index in [1.807, 2.05) is 0 Å². The van der Waals surface area contributed by atoms with Crippen LogP contribution in [0.4, 0.5) is 0 Å². The second-order valence-corrected chi connectivity index (χ2v) is 10.6. The highest BCUT2D eigenvalue weighted by Crippen LogP contribution is 2.28. The third-order valence-corrected chi connectivity index (χ3v) is 7.39. The zero-order valence-corrected chi connectivity index (χ0v) is 23.9. The summed E-state index contributed by atoms with van der Waals surface area (Å²) in [4.78, 5) is 28.3. The van der Waals surface area contributed by atoms with Crippen molar-refractivity contribution in [2.45, 2.75) is 75.0 Å². The van der Waals surface area contributed by atoms with Gasteiger partial charge in [-0.05, 0) is 56.1 Å². The minimum atomic E-state index is -4.20. The molecule has 6 atom stereocenters. The van der Waals surface area contributed by atoms with E-state index >= 15 is 0 Å². The van der Waals surface area contributed by atoms with Gasteiger partial charge in [0, 0.05) is 33.8 Å². The number of benzene rings is 1. The summed E-state index contributed by atoms with van der Waals surface area (Å²) in [6, 6.07) is 3.82. The molecule has 0 unspecified atom stereocenters. The lowest BCUT2D eigenvalue weighted by molar-refractivity contribution is -0.140. The summed E-state index contributed by atoms with van der Waals surface area (Å²) >= 11 is 0. The van der Waals surface area contributed by atoms with Crippen LogP contribution in [-0.4, -0.2) is 85.4 Å². The van der Waals surface area contributed by atoms with Crippen LogP contribution in [0.1, 0.15) is 32.3 Å². The van der Waals surface area contributed by atoms with Gasteiger partial charge in [-0.2, -0.15) is 8.42 Å². The Kier molecular flexibility index (Phi) is 13.0. The Balaban J connectivity index is 0.000000330. The van der Waals surface area contributed by atoms with Crippen molar-refractivity contribution in [3.8, 4) is 0 Å². The van der Waals surface area contributed by atoms with Gasteiger partial charge < -0.3 is 24.8 Å². The first-order valence-electron chi connectivity index (χ1n) is 12.8. The van der Waals surface area contributed by atoms with Gasteiger partial charge in [0.2, 0.25) is 0 Å². The Labute approximate surface area is 241 Å². The lowest BCUT2D eigenvalue weighted by atomic mass is 9.91. The van der Waals surface area contributed by atoms with Crippen LogP contribution in [0.5, 0.6) is 0 Å². The summed E-state index contributed by atoms with van der Waals surface area (Å²) in [6.07, 6.45) is -2.50. The molecule has 0 radical (unpaired) electrons.